The molecule has 4 heterocycles. The number of pyridine rings is 2. The van der Waals surface area contributed by atoms with Gasteiger partial charge < -0.3 is 9.15 Å². The van der Waals surface area contributed by atoms with Gasteiger partial charge in [-0.25, -0.2) is 9.97 Å². The zero-order chi connectivity index (χ0) is 17.1. The Hall–Kier alpha value is -3.15. The van der Waals surface area contributed by atoms with Gasteiger partial charge in [0.15, 0.2) is 0 Å². The number of ether oxygens (including phenoxy) is 1. The van der Waals surface area contributed by atoms with Gasteiger partial charge in [-0.3, -0.25) is 9.69 Å². The third kappa shape index (κ3) is 3.24. The number of nitrogens with zero attached hydrogens (tertiary/aromatic N) is 3. The second-order valence-electron chi connectivity index (χ2n) is 5.79. The molecule has 25 heavy (non-hydrogen) atoms. The van der Waals surface area contributed by atoms with E-state index in [1.165, 1.54) is 0 Å². The first-order valence-corrected chi connectivity index (χ1v) is 8.18. The molecule has 0 aliphatic carbocycles. The van der Waals surface area contributed by atoms with E-state index in [0.717, 1.165) is 24.2 Å². The van der Waals surface area contributed by atoms with E-state index < -0.39 is 0 Å². The molecule has 6 nitrogen and oxygen atoms in total. The minimum absolute atomic E-state index is 0.219. The van der Waals surface area contributed by atoms with Crippen molar-refractivity contribution < 1.29 is 13.9 Å². The van der Waals surface area contributed by atoms with Crippen LogP contribution >= 0.6 is 0 Å². The van der Waals surface area contributed by atoms with Crippen LogP contribution in [0.25, 0.3) is 0 Å². The fraction of sp³-hybridized carbons (Fsp3) is 0.211. The van der Waals surface area contributed by atoms with Crippen LogP contribution in [0.3, 0.4) is 0 Å². The van der Waals surface area contributed by atoms with E-state index in [1.54, 1.807) is 35.7 Å². The summed E-state index contributed by atoms with van der Waals surface area (Å²) in [7, 11) is 0. The van der Waals surface area contributed by atoms with Crippen LogP contribution in [0.5, 0.6) is 5.75 Å². The van der Waals surface area contributed by atoms with Crippen molar-refractivity contribution in [3.05, 3.63) is 72.1 Å². The molecule has 0 bridgehead atoms. The molecule has 0 saturated carbocycles. The summed E-state index contributed by atoms with van der Waals surface area (Å²) in [5.41, 5.74) is 1.39. The summed E-state index contributed by atoms with van der Waals surface area (Å²) in [6, 6.07) is 10.9. The van der Waals surface area contributed by atoms with Crippen molar-refractivity contribution >= 4 is 11.7 Å². The van der Waals surface area contributed by atoms with Gasteiger partial charge in [-0.2, -0.15) is 0 Å². The van der Waals surface area contributed by atoms with Gasteiger partial charge in [-0.15, -0.1) is 0 Å². The Morgan fingerprint density at radius 3 is 2.96 bits per heavy atom. The summed E-state index contributed by atoms with van der Waals surface area (Å²) in [4.78, 5) is 23.3. The Bertz CT molecular complexity index is 863. The first-order chi connectivity index (χ1) is 12.3. The normalized spacial score (nSPS) is 13.0. The number of aromatic nitrogens is 2. The third-order valence-corrected chi connectivity index (χ3v) is 4.08. The Kier molecular flexibility index (Phi) is 4.16. The molecule has 0 atom stereocenters. The molecule has 126 valence electrons. The van der Waals surface area contributed by atoms with E-state index >= 15 is 0 Å². The van der Waals surface area contributed by atoms with Crippen molar-refractivity contribution in [2.45, 2.75) is 19.4 Å². The van der Waals surface area contributed by atoms with Crippen LogP contribution in [0, 0.1) is 0 Å². The fourth-order valence-corrected chi connectivity index (χ4v) is 2.84. The standard InChI is InChI=1S/C19H17N3O3/c23-19(16-11-14-5-3-10-25-17(14)12-21-16)22(13-15-6-4-9-24-15)18-7-1-2-8-20-18/h1-2,4,6-9,11-12H,3,5,10,13H2. The molecule has 1 aliphatic rings. The molecule has 1 amide bonds. The highest BCUT2D eigenvalue weighted by atomic mass is 16.5. The highest BCUT2D eigenvalue weighted by molar-refractivity contribution is 6.04. The molecule has 0 saturated heterocycles. The summed E-state index contributed by atoms with van der Waals surface area (Å²) in [6.45, 7) is 0.985. The maximum absolute atomic E-state index is 13.1. The average molecular weight is 335 g/mol. The molecule has 4 rings (SSSR count). The van der Waals surface area contributed by atoms with Crippen molar-refractivity contribution in [1.29, 1.82) is 0 Å². The number of carbonyl (C=O) groups is 1. The van der Waals surface area contributed by atoms with Crippen molar-refractivity contribution in [2.75, 3.05) is 11.5 Å². The van der Waals surface area contributed by atoms with Gasteiger partial charge in [0.05, 0.1) is 25.6 Å². The quantitative estimate of drug-likeness (QED) is 0.732. The first kappa shape index (κ1) is 15.4. The minimum atomic E-state index is -0.219. The zero-order valence-electron chi connectivity index (χ0n) is 13.6. The molecule has 0 fully saturated rings. The third-order valence-electron chi connectivity index (χ3n) is 4.08. The van der Waals surface area contributed by atoms with E-state index in [0.29, 0.717) is 23.9 Å². The Balaban J connectivity index is 1.67. The summed E-state index contributed by atoms with van der Waals surface area (Å²) in [6.07, 6.45) is 6.71. The zero-order valence-corrected chi connectivity index (χ0v) is 13.6. The number of fused-ring (bicyclic) bond motifs is 1. The highest BCUT2D eigenvalue weighted by Crippen LogP contribution is 2.25. The van der Waals surface area contributed by atoms with Gasteiger partial charge in [-0.05, 0) is 48.7 Å². The fourth-order valence-electron chi connectivity index (χ4n) is 2.84. The maximum atomic E-state index is 13.1. The lowest BCUT2D eigenvalue weighted by Crippen LogP contribution is -2.32. The molecule has 1 aliphatic heterocycles. The van der Waals surface area contributed by atoms with Gasteiger partial charge in [0.25, 0.3) is 5.91 Å². The average Bonchev–Trinajstić information content (AvgIpc) is 3.19. The number of aryl methyl sites for hydroxylation is 1. The van der Waals surface area contributed by atoms with Crippen molar-refractivity contribution in [1.82, 2.24) is 9.97 Å². The lowest BCUT2D eigenvalue weighted by atomic mass is 10.1. The number of hydrogen-bond acceptors (Lipinski definition) is 5. The Labute approximate surface area is 145 Å². The van der Waals surface area contributed by atoms with Crippen LogP contribution in [-0.2, 0) is 13.0 Å². The molecule has 0 N–H and O–H groups in total. The molecule has 0 radical (unpaired) electrons. The molecular formula is C19H17N3O3. The van der Waals surface area contributed by atoms with Crippen LogP contribution in [0.4, 0.5) is 5.82 Å². The van der Waals surface area contributed by atoms with Crippen LogP contribution in [0.2, 0.25) is 0 Å². The van der Waals surface area contributed by atoms with Crippen LogP contribution in [0.1, 0.15) is 28.2 Å². The number of hydrogen-bond donors (Lipinski definition) is 0. The predicted molar refractivity (Wildman–Crippen MR) is 91.5 cm³/mol. The molecule has 0 unspecified atom stereocenters. The number of amides is 1. The van der Waals surface area contributed by atoms with Gasteiger partial charge in [0, 0.05) is 6.20 Å². The highest BCUT2D eigenvalue weighted by Gasteiger charge is 2.23. The van der Waals surface area contributed by atoms with Crippen molar-refractivity contribution in [2.24, 2.45) is 0 Å². The Morgan fingerprint density at radius 2 is 2.16 bits per heavy atom. The summed E-state index contributed by atoms with van der Waals surface area (Å²) in [5.74, 6) is 1.78. The van der Waals surface area contributed by atoms with Crippen LogP contribution in [-0.4, -0.2) is 22.5 Å². The maximum Gasteiger partial charge on any atom is 0.278 e. The van der Waals surface area contributed by atoms with Crippen LogP contribution in [0.15, 0.2) is 59.5 Å². The SMILES string of the molecule is O=C(c1cc2c(cn1)OCCC2)N(Cc1ccco1)c1ccccn1. The van der Waals surface area contributed by atoms with Gasteiger partial charge >= 0.3 is 0 Å². The molecule has 3 aromatic rings. The molecule has 3 aromatic heterocycles. The lowest BCUT2D eigenvalue weighted by Gasteiger charge is -2.22. The summed E-state index contributed by atoms with van der Waals surface area (Å²) in [5, 5.41) is 0. The van der Waals surface area contributed by atoms with Crippen molar-refractivity contribution in [3.8, 4) is 5.75 Å². The minimum Gasteiger partial charge on any atom is -0.492 e. The monoisotopic (exact) mass is 335 g/mol. The topological polar surface area (TPSA) is 68.5 Å². The van der Waals surface area contributed by atoms with Gasteiger partial charge in [0.1, 0.15) is 23.0 Å². The van der Waals surface area contributed by atoms with Gasteiger partial charge in [-0.1, -0.05) is 6.07 Å². The number of carbonyl (C=O) groups excluding carboxylic acids is 1. The molecule has 6 heteroatoms. The van der Waals surface area contributed by atoms with E-state index in [9.17, 15) is 4.79 Å². The van der Waals surface area contributed by atoms with E-state index in [1.807, 2.05) is 24.3 Å². The van der Waals surface area contributed by atoms with Gasteiger partial charge in [0.2, 0.25) is 0 Å². The molecule has 0 aromatic carbocycles. The van der Waals surface area contributed by atoms with E-state index in [-0.39, 0.29) is 12.5 Å². The van der Waals surface area contributed by atoms with E-state index in [2.05, 4.69) is 9.97 Å². The van der Waals surface area contributed by atoms with Crippen LogP contribution < -0.4 is 9.64 Å². The van der Waals surface area contributed by atoms with E-state index in [4.69, 9.17) is 9.15 Å². The molecule has 0 spiro atoms. The number of furan rings is 1. The largest absolute Gasteiger partial charge is 0.492 e. The Morgan fingerprint density at radius 1 is 1.20 bits per heavy atom. The lowest BCUT2D eigenvalue weighted by molar-refractivity contribution is 0.0977. The second kappa shape index (κ2) is 6.76. The van der Waals surface area contributed by atoms with Crippen molar-refractivity contribution in [3.63, 3.8) is 0 Å². The number of rotatable bonds is 4. The predicted octanol–water partition coefficient (Wildman–Crippen LogP) is 3.24. The first-order valence-electron chi connectivity index (χ1n) is 8.18. The number of anilines is 1. The summed E-state index contributed by atoms with van der Waals surface area (Å²) >= 11 is 0. The summed E-state index contributed by atoms with van der Waals surface area (Å²) < 4.78 is 11.0. The second-order valence-corrected chi connectivity index (χ2v) is 5.79. The smallest absolute Gasteiger partial charge is 0.278 e. The molecular weight excluding hydrogens is 318 g/mol.